The Balaban J connectivity index is 1.59. The van der Waals surface area contributed by atoms with Crippen LogP contribution in [0.5, 0.6) is 11.5 Å². The molecule has 1 N–H and O–H groups in total. The van der Waals surface area contributed by atoms with Crippen molar-refractivity contribution in [3.8, 4) is 11.5 Å². The van der Waals surface area contributed by atoms with Crippen LogP contribution < -0.4 is 10.1 Å². The minimum atomic E-state index is -4.57. The van der Waals surface area contributed by atoms with Crippen molar-refractivity contribution in [1.29, 1.82) is 0 Å². The third-order valence-corrected chi connectivity index (χ3v) is 6.43. The molecule has 0 bridgehead atoms. The van der Waals surface area contributed by atoms with Crippen molar-refractivity contribution in [2.75, 3.05) is 0 Å². The summed E-state index contributed by atoms with van der Waals surface area (Å²) in [4.78, 5) is 23.5. The highest BCUT2D eigenvalue weighted by Gasteiger charge is 2.41. The molecule has 0 aromatic heterocycles. The number of imide groups is 1. The number of fused-ring (bicyclic) bond motifs is 1. The van der Waals surface area contributed by atoms with Gasteiger partial charge in [0, 0.05) is 11.5 Å². The molecule has 30 heavy (non-hydrogen) atoms. The summed E-state index contributed by atoms with van der Waals surface area (Å²) in [5.41, 5.74) is 0.761. The largest absolute Gasteiger partial charge is 0.457 e. The number of alkyl halides is 4. The molecule has 2 aromatic rings. The van der Waals surface area contributed by atoms with E-state index in [1.54, 1.807) is 18.2 Å². The van der Waals surface area contributed by atoms with Gasteiger partial charge in [0.1, 0.15) is 22.9 Å². The minimum Gasteiger partial charge on any atom is -0.457 e. The maximum Gasteiger partial charge on any atom is 0.416 e. The number of nitrogens with one attached hydrogen (secondary N) is 1. The Hall–Kier alpha value is -2.55. The SMILES string of the molecule is CC(F)c1cc(C(F)(F)F)ccc1Oc1ccc2c(c1)CC[C@H]2C1SC(=O)NC1=O. The van der Waals surface area contributed by atoms with Gasteiger partial charge in [-0.15, -0.1) is 0 Å². The summed E-state index contributed by atoms with van der Waals surface area (Å²) in [6.07, 6.45) is -4.84. The molecule has 3 atom stereocenters. The average Bonchev–Trinajstić information content (AvgIpc) is 3.22. The van der Waals surface area contributed by atoms with Gasteiger partial charge in [0.25, 0.3) is 5.24 Å². The van der Waals surface area contributed by atoms with Crippen LogP contribution in [0.1, 0.15) is 47.7 Å². The first-order valence-electron chi connectivity index (χ1n) is 9.31. The van der Waals surface area contributed by atoms with Crippen LogP contribution in [0.2, 0.25) is 0 Å². The van der Waals surface area contributed by atoms with E-state index < -0.39 is 23.2 Å². The van der Waals surface area contributed by atoms with Crippen molar-refractivity contribution in [3.05, 3.63) is 58.7 Å². The minimum absolute atomic E-state index is 0.0174. The van der Waals surface area contributed by atoms with E-state index >= 15 is 0 Å². The Morgan fingerprint density at radius 1 is 1.17 bits per heavy atom. The van der Waals surface area contributed by atoms with E-state index in [-0.39, 0.29) is 28.4 Å². The van der Waals surface area contributed by atoms with Gasteiger partial charge in [-0.2, -0.15) is 13.2 Å². The zero-order valence-corrected chi connectivity index (χ0v) is 16.6. The Labute approximate surface area is 174 Å². The first-order chi connectivity index (χ1) is 14.1. The molecule has 2 unspecified atom stereocenters. The average molecular weight is 439 g/mol. The summed E-state index contributed by atoms with van der Waals surface area (Å²) in [6, 6.07) is 7.92. The molecule has 1 fully saturated rings. The molecule has 2 aliphatic rings. The van der Waals surface area contributed by atoms with Crippen molar-refractivity contribution in [3.63, 3.8) is 0 Å². The summed E-state index contributed by atoms with van der Waals surface area (Å²) < 4.78 is 58.5. The molecule has 1 heterocycles. The Morgan fingerprint density at radius 3 is 2.57 bits per heavy atom. The number of benzene rings is 2. The van der Waals surface area contributed by atoms with Gasteiger partial charge in [0.2, 0.25) is 5.91 Å². The van der Waals surface area contributed by atoms with E-state index in [9.17, 15) is 27.2 Å². The van der Waals surface area contributed by atoms with Crippen molar-refractivity contribution in [1.82, 2.24) is 5.32 Å². The summed E-state index contributed by atoms with van der Waals surface area (Å²) in [7, 11) is 0. The molecular formula is C21H17F4NO3S. The lowest BCUT2D eigenvalue weighted by molar-refractivity contribution is -0.137. The summed E-state index contributed by atoms with van der Waals surface area (Å²) in [5, 5.41) is 1.47. The van der Waals surface area contributed by atoms with E-state index in [2.05, 4.69) is 5.32 Å². The standard InChI is InChI=1S/C21H17F4NO3S/c1-10(22)16-9-12(21(23,24)25)3-7-17(16)29-13-4-6-14-11(8-13)2-5-15(14)18-19(27)26-20(28)30-18/h3-4,6-10,15,18H,2,5H2,1H3,(H,26,27,28)/t10?,15-,18?/m1/s1. The van der Waals surface area contributed by atoms with Crippen LogP contribution in [-0.4, -0.2) is 16.4 Å². The predicted octanol–water partition coefficient (Wildman–Crippen LogP) is 5.91. The second-order valence-electron chi connectivity index (χ2n) is 7.29. The number of thioether (sulfide) groups is 1. The van der Waals surface area contributed by atoms with Crippen molar-refractivity contribution in [2.45, 2.75) is 43.3 Å². The van der Waals surface area contributed by atoms with Crippen LogP contribution in [0.3, 0.4) is 0 Å². The molecular weight excluding hydrogens is 422 g/mol. The van der Waals surface area contributed by atoms with E-state index in [0.717, 1.165) is 48.0 Å². The smallest absolute Gasteiger partial charge is 0.416 e. The van der Waals surface area contributed by atoms with E-state index in [1.807, 2.05) is 0 Å². The molecule has 9 heteroatoms. The molecule has 1 aliphatic heterocycles. The fourth-order valence-electron chi connectivity index (χ4n) is 3.90. The Kier molecular flexibility index (Phi) is 5.25. The lowest BCUT2D eigenvalue weighted by Gasteiger charge is -2.17. The number of ether oxygens (including phenoxy) is 1. The number of rotatable bonds is 4. The first-order valence-corrected chi connectivity index (χ1v) is 10.2. The van der Waals surface area contributed by atoms with Gasteiger partial charge in [0.05, 0.1) is 5.56 Å². The maximum absolute atomic E-state index is 14.0. The lowest BCUT2D eigenvalue weighted by atomic mass is 9.97. The molecule has 0 saturated carbocycles. The second kappa shape index (κ2) is 7.61. The molecule has 0 spiro atoms. The number of hydrogen-bond acceptors (Lipinski definition) is 4. The van der Waals surface area contributed by atoms with Gasteiger partial charge in [-0.3, -0.25) is 14.9 Å². The molecule has 4 nitrogen and oxygen atoms in total. The van der Waals surface area contributed by atoms with Crippen LogP contribution in [0.15, 0.2) is 36.4 Å². The van der Waals surface area contributed by atoms with E-state index in [4.69, 9.17) is 4.74 Å². The van der Waals surface area contributed by atoms with Crippen molar-refractivity contribution >= 4 is 22.9 Å². The number of aryl methyl sites for hydroxylation is 1. The Bertz CT molecular complexity index is 1020. The van der Waals surface area contributed by atoms with Crippen LogP contribution >= 0.6 is 11.8 Å². The number of amides is 2. The molecule has 158 valence electrons. The van der Waals surface area contributed by atoms with Crippen molar-refractivity contribution < 1.29 is 31.9 Å². The number of carbonyl (C=O) groups excluding carboxylic acids is 2. The second-order valence-corrected chi connectivity index (χ2v) is 8.40. The maximum atomic E-state index is 14.0. The van der Waals surface area contributed by atoms with E-state index in [0.29, 0.717) is 18.6 Å². The lowest BCUT2D eigenvalue weighted by Crippen LogP contribution is -2.27. The van der Waals surface area contributed by atoms with Gasteiger partial charge in [-0.25, -0.2) is 4.39 Å². The van der Waals surface area contributed by atoms with Gasteiger partial charge in [0.15, 0.2) is 0 Å². The molecule has 1 saturated heterocycles. The highest BCUT2D eigenvalue weighted by molar-refractivity contribution is 8.15. The summed E-state index contributed by atoms with van der Waals surface area (Å²) >= 11 is 0.985. The number of halogens is 4. The van der Waals surface area contributed by atoms with Gasteiger partial charge >= 0.3 is 6.18 Å². The number of carbonyl (C=O) groups is 2. The summed E-state index contributed by atoms with van der Waals surface area (Å²) in [5.74, 6) is -0.00742. The van der Waals surface area contributed by atoms with Gasteiger partial charge in [-0.05, 0) is 61.2 Å². The van der Waals surface area contributed by atoms with Crippen molar-refractivity contribution in [2.24, 2.45) is 0 Å². The fraction of sp³-hybridized carbons (Fsp3) is 0.333. The predicted molar refractivity (Wildman–Crippen MR) is 103 cm³/mol. The molecule has 2 amide bonds. The highest BCUT2D eigenvalue weighted by atomic mass is 32.2. The van der Waals surface area contributed by atoms with Crippen LogP contribution in [0, 0.1) is 0 Å². The normalized spacial score (nSPS) is 22.0. The highest BCUT2D eigenvalue weighted by Crippen LogP contribution is 2.44. The molecule has 2 aromatic carbocycles. The first kappa shape index (κ1) is 20.7. The molecule has 4 rings (SSSR count). The monoisotopic (exact) mass is 439 g/mol. The third kappa shape index (κ3) is 3.90. The quantitative estimate of drug-likeness (QED) is 0.602. The third-order valence-electron chi connectivity index (χ3n) is 5.32. The molecule has 1 aliphatic carbocycles. The van der Waals surface area contributed by atoms with E-state index in [1.165, 1.54) is 0 Å². The van der Waals surface area contributed by atoms with Crippen LogP contribution in [-0.2, 0) is 17.4 Å². The van der Waals surface area contributed by atoms with Gasteiger partial charge < -0.3 is 4.74 Å². The van der Waals surface area contributed by atoms with Gasteiger partial charge in [-0.1, -0.05) is 17.8 Å². The van der Waals surface area contributed by atoms with Crippen LogP contribution in [0.25, 0.3) is 0 Å². The Morgan fingerprint density at radius 2 is 1.93 bits per heavy atom. The zero-order valence-electron chi connectivity index (χ0n) is 15.8. The topological polar surface area (TPSA) is 55.4 Å². The number of hydrogen-bond donors (Lipinski definition) is 1. The zero-order chi connectivity index (χ0) is 21.6. The fourth-order valence-corrected chi connectivity index (χ4v) is 4.90. The van der Waals surface area contributed by atoms with Crippen LogP contribution in [0.4, 0.5) is 22.4 Å². The molecule has 0 radical (unpaired) electrons. The summed E-state index contributed by atoms with van der Waals surface area (Å²) in [6.45, 7) is 1.15.